The second-order valence-corrected chi connectivity index (χ2v) is 6.04. The minimum atomic E-state index is 0.637. The van der Waals surface area contributed by atoms with E-state index in [0.717, 1.165) is 13.1 Å². The summed E-state index contributed by atoms with van der Waals surface area (Å²) >= 11 is 1.97. The molecule has 1 atom stereocenters. The molecule has 1 aromatic carbocycles. The lowest BCUT2D eigenvalue weighted by molar-refractivity contribution is 0.619. The summed E-state index contributed by atoms with van der Waals surface area (Å²) in [5.41, 5.74) is 4.10. The maximum absolute atomic E-state index is 4.19. The second kappa shape index (κ2) is 5.76. The lowest BCUT2D eigenvalue weighted by Crippen LogP contribution is -2.21. The van der Waals surface area contributed by atoms with Crippen molar-refractivity contribution in [3.05, 3.63) is 59.4 Å². The van der Waals surface area contributed by atoms with Crippen LogP contribution in [0.5, 0.6) is 0 Å². The van der Waals surface area contributed by atoms with E-state index in [4.69, 9.17) is 0 Å². The maximum atomic E-state index is 4.19. The normalized spacial score (nSPS) is 17.4. The Labute approximate surface area is 118 Å². The Bertz CT molecular complexity index is 568. The third-order valence-electron chi connectivity index (χ3n) is 3.65. The minimum Gasteiger partial charge on any atom is -0.312 e. The molecule has 0 bridgehead atoms. The molecule has 1 aliphatic rings. The fourth-order valence-electron chi connectivity index (χ4n) is 2.46. The van der Waals surface area contributed by atoms with E-state index >= 15 is 0 Å². The van der Waals surface area contributed by atoms with Crippen LogP contribution in [0.15, 0.2) is 47.6 Å². The van der Waals surface area contributed by atoms with Gasteiger partial charge >= 0.3 is 0 Å². The Morgan fingerprint density at radius 1 is 1.32 bits per heavy atom. The Kier molecular flexibility index (Phi) is 3.85. The number of aromatic nitrogens is 1. The summed E-state index contributed by atoms with van der Waals surface area (Å²) < 4.78 is 0. The lowest BCUT2D eigenvalue weighted by atomic mass is 10.0. The highest BCUT2D eigenvalue weighted by Gasteiger charge is 2.21. The zero-order valence-corrected chi connectivity index (χ0v) is 11.9. The standard InChI is InChI=1S/C16H18N2S/c1-12-6-7-17-8-13(12)9-18-10-14-11-19-16-5-3-2-4-15(14)16/h2-8,14,18H,9-11H2,1H3. The minimum absolute atomic E-state index is 0.637. The Morgan fingerprint density at radius 3 is 3.11 bits per heavy atom. The van der Waals surface area contributed by atoms with E-state index in [1.54, 1.807) is 0 Å². The van der Waals surface area contributed by atoms with Crippen LogP contribution in [0.3, 0.4) is 0 Å². The number of pyridine rings is 1. The molecule has 1 unspecified atom stereocenters. The summed E-state index contributed by atoms with van der Waals surface area (Å²) in [6, 6.07) is 10.8. The van der Waals surface area contributed by atoms with Crippen molar-refractivity contribution in [1.82, 2.24) is 10.3 Å². The second-order valence-electron chi connectivity index (χ2n) is 4.98. The van der Waals surface area contributed by atoms with Gasteiger partial charge in [-0.25, -0.2) is 0 Å². The van der Waals surface area contributed by atoms with E-state index in [2.05, 4.69) is 47.6 Å². The fraction of sp³-hybridized carbons (Fsp3) is 0.312. The summed E-state index contributed by atoms with van der Waals surface area (Å²) in [6.45, 7) is 4.08. The highest BCUT2D eigenvalue weighted by molar-refractivity contribution is 7.99. The van der Waals surface area contributed by atoms with Gasteiger partial charge in [0.05, 0.1) is 0 Å². The summed E-state index contributed by atoms with van der Waals surface area (Å²) in [5.74, 6) is 1.83. The van der Waals surface area contributed by atoms with Crippen molar-refractivity contribution in [1.29, 1.82) is 0 Å². The molecule has 0 amide bonds. The van der Waals surface area contributed by atoms with Crippen LogP contribution in [0, 0.1) is 6.92 Å². The van der Waals surface area contributed by atoms with E-state index < -0.39 is 0 Å². The molecule has 0 saturated carbocycles. The molecule has 98 valence electrons. The van der Waals surface area contributed by atoms with Gasteiger partial charge in [-0.05, 0) is 35.7 Å². The molecule has 0 radical (unpaired) electrons. The molecule has 1 aliphatic heterocycles. The van der Waals surface area contributed by atoms with Crippen molar-refractivity contribution in [2.75, 3.05) is 12.3 Å². The summed E-state index contributed by atoms with van der Waals surface area (Å²) in [4.78, 5) is 5.64. The van der Waals surface area contributed by atoms with Crippen LogP contribution >= 0.6 is 11.8 Å². The average molecular weight is 270 g/mol. The molecule has 1 aromatic heterocycles. The molecular weight excluding hydrogens is 252 g/mol. The topological polar surface area (TPSA) is 24.9 Å². The third-order valence-corrected chi connectivity index (χ3v) is 4.90. The van der Waals surface area contributed by atoms with Crippen molar-refractivity contribution in [3.8, 4) is 0 Å². The predicted molar refractivity (Wildman–Crippen MR) is 80.6 cm³/mol. The molecule has 3 heteroatoms. The molecule has 0 aliphatic carbocycles. The first-order valence-electron chi connectivity index (χ1n) is 6.66. The van der Waals surface area contributed by atoms with E-state index in [1.807, 2.05) is 24.2 Å². The molecule has 2 aromatic rings. The molecule has 2 heterocycles. The van der Waals surface area contributed by atoms with Gasteiger partial charge in [0.2, 0.25) is 0 Å². The third kappa shape index (κ3) is 2.82. The van der Waals surface area contributed by atoms with Gasteiger partial charge in [0.1, 0.15) is 0 Å². The van der Waals surface area contributed by atoms with Crippen LogP contribution in [0.2, 0.25) is 0 Å². The van der Waals surface area contributed by atoms with Crippen LogP contribution in [0.4, 0.5) is 0 Å². The predicted octanol–water partition coefficient (Wildman–Crippen LogP) is 3.37. The number of hydrogen-bond donors (Lipinski definition) is 1. The Hall–Kier alpha value is -1.32. The van der Waals surface area contributed by atoms with Crippen LogP contribution in [-0.2, 0) is 6.54 Å². The van der Waals surface area contributed by atoms with E-state index in [9.17, 15) is 0 Å². The quantitative estimate of drug-likeness (QED) is 0.922. The van der Waals surface area contributed by atoms with Crippen LogP contribution in [0.25, 0.3) is 0 Å². The van der Waals surface area contributed by atoms with Gasteiger partial charge in [-0.1, -0.05) is 18.2 Å². The summed E-state index contributed by atoms with van der Waals surface area (Å²) in [6.07, 6.45) is 3.81. The first kappa shape index (κ1) is 12.7. The number of fused-ring (bicyclic) bond motifs is 1. The average Bonchev–Trinajstić information content (AvgIpc) is 2.85. The van der Waals surface area contributed by atoms with Crippen molar-refractivity contribution in [2.45, 2.75) is 24.3 Å². The number of hydrogen-bond acceptors (Lipinski definition) is 3. The molecule has 3 rings (SSSR count). The van der Waals surface area contributed by atoms with Crippen LogP contribution < -0.4 is 5.32 Å². The van der Waals surface area contributed by atoms with E-state index in [0.29, 0.717) is 5.92 Å². The maximum Gasteiger partial charge on any atom is 0.0315 e. The van der Waals surface area contributed by atoms with Crippen molar-refractivity contribution in [3.63, 3.8) is 0 Å². The first-order chi connectivity index (χ1) is 9.34. The summed E-state index contributed by atoms with van der Waals surface area (Å²) in [7, 11) is 0. The van der Waals surface area contributed by atoms with Gasteiger partial charge in [0.15, 0.2) is 0 Å². The van der Waals surface area contributed by atoms with Crippen molar-refractivity contribution >= 4 is 11.8 Å². The highest BCUT2D eigenvalue weighted by Crippen LogP contribution is 2.38. The van der Waals surface area contributed by atoms with Crippen LogP contribution in [0.1, 0.15) is 22.6 Å². The number of rotatable bonds is 4. The van der Waals surface area contributed by atoms with Crippen molar-refractivity contribution < 1.29 is 0 Å². The largest absolute Gasteiger partial charge is 0.312 e. The number of thioether (sulfide) groups is 1. The Morgan fingerprint density at radius 2 is 2.21 bits per heavy atom. The highest BCUT2D eigenvalue weighted by atomic mass is 32.2. The van der Waals surface area contributed by atoms with Gasteiger partial charge in [-0.2, -0.15) is 0 Å². The van der Waals surface area contributed by atoms with Crippen molar-refractivity contribution in [2.24, 2.45) is 0 Å². The SMILES string of the molecule is Cc1ccncc1CNCC1CSc2ccccc21. The van der Waals surface area contributed by atoms with Crippen LogP contribution in [-0.4, -0.2) is 17.3 Å². The lowest BCUT2D eigenvalue weighted by Gasteiger charge is -2.12. The smallest absolute Gasteiger partial charge is 0.0315 e. The molecule has 0 fully saturated rings. The van der Waals surface area contributed by atoms with Gasteiger partial charge in [-0.15, -0.1) is 11.8 Å². The molecule has 1 N–H and O–H groups in total. The number of benzene rings is 1. The first-order valence-corrected chi connectivity index (χ1v) is 7.65. The summed E-state index contributed by atoms with van der Waals surface area (Å²) in [5, 5.41) is 3.57. The Balaban J connectivity index is 1.58. The number of nitrogens with zero attached hydrogens (tertiary/aromatic N) is 1. The monoisotopic (exact) mass is 270 g/mol. The molecular formula is C16H18N2S. The molecule has 0 saturated heterocycles. The fourth-order valence-corrected chi connectivity index (χ4v) is 3.72. The van der Waals surface area contributed by atoms with E-state index in [1.165, 1.54) is 27.3 Å². The van der Waals surface area contributed by atoms with E-state index in [-0.39, 0.29) is 0 Å². The number of aryl methyl sites for hydroxylation is 1. The van der Waals surface area contributed by atoms with Gasteiger partial charge in [0.25, 0.3) is 0 Å². The molecule has 19 heavy (non-hydrogen) atoms. The number of nitrogens with one attached hydrogen (secondary N) is 1. The van der Waals surface area contributed by atoms with Gasteiger partial charge in [-0.3, -0.25) is 4.98 Å². The molecule has 0 spiro atoms. The van der Waals surface area contributed by atoms with Gasteiger partial charge in [0, 0.05) is 42.0 Å². The molecule has 2 nitrogen and oxygen atoms in total. The zero-order chi connectivity index (χ0) is 13.1. The van der Waals surface area contributed by atoms with Gasteiger partial charge < -0.3 is 5.32 Å². The zero-order valence-electron chi connectivity index (χ0n) is 11.1.